The first-order valence-corrected chi connectivity index (χ1v) is 7.52. The summed E-state index contributed by atoms with van der Waals surface area (Å²) in [6.07, 6.45) is 3.11. The second-order valence-corrected chi connectivity index (χ2v) is 6.07. The summed E-state index contributed by atoms with van der Waals surface area (Å²) >= 11 is 0. The van der Waals surface area contributed by atoms with E-state index < -0.39 is 10.0 Å². The number of ether oxygens (including phenoxy) is 1. The van der Waals surface area contributed by atoms with Crippen molar-refractivity contribution < 1.29 is 17.9 Å². The highest BCUT2D eigenvalue weighted by Gasteiger charge is 2.23. The summed E-state index contributed by atoms with van der Waals surface area (Å²) in [7, 11) is -1.89. The van der Waals surface area contributed by atoms with Crippen molar-refractivity contribution in [1.29, 1.82) is 0 Å². The van der Waals surface area contributed by atoms with Gasteiger partial charge in [-0.05, 0) is 25.0 Å². The Hall–Kier alpha value is -1.56. The van der Waals surface area contributed by atoms with Crippen LogP contribution in [-0.2, 0) is 16.4 Å². The second kappa shape index (κ2) is 4.61. The molecule has 2 rings (SSSR count). The van der Waals surface area contributed by atoms with Crippen LogP contribution in [0.25, 0.3) is 0 Å². The van der Waals surface area contributed by atoms with Crippen molar-refractivity contribution in [3.05, 3.63) is 23.3 Å². The van der Waals surface area contributed by atoms with Gasteiger partial charge in [0.15, 0.2) is 5.78 Å². The number of rotatable bonds is 3. The van der Waals surface area contributed by atoms with Crippen molar-refractivity contribution in [3.63, 3.8) is 0 Å². The monoisotopic (exact) mass is 269 g/mol. The third kappa shape index (κ3) is 2.48. The average molecular weight is 269 g/mol. The van der Waals surface area contributed by atoms with E-state index in [1.807, 2.05) is 0 Å². The molecular formula is C12H15NO4S. The molecule has 0 atom stereocenters. The number of ketones is 1. The number of sulfonamides is 1. The number of fused-ring (bicyclic) bond motifs is 1. The smallest absolute Gasteiger partial charge is 0.229 e. The molecule has 0 saturated heterocycles. The van der Waals surface area contributed by atoms with Gasteiger partial charge in [-0.15, -0.1) is 0 Å². The Balaban J connectivity index is 2.54. The lowest BCUT2D eigenvalue weighted by Gasteiger charge is -2.20. The average Bonchev–Trinajstić information content (AvgIpc) is 2.27. The van der Waals surface area contributed by atoms with Crippen molar-refractivity contribution >= 4 is 21.5 Å². The van der Waals surface area contributed by atoms with Gasteiger partial charge in [-0.1, -0.05) is 0 Å². The normalized spacial score (nSPS) is 15.1. The number of benzene rings is 1. The highest BCUT2D eigenvalue weighted by molar-refractivity contribution is 7.92. The van der Waals surface area contributed by atoms with E-state index in [1.165, 1.54) is 7.11 Å². The van der Waals surface area contributed by atoms with Crippen LogP contribution in [0.2, 0.25) is 0 Å². The molecule has 6 heteroatoms. The molecule has 0 heterocycles. The Morgan fingerprint density at radius 1 is 1.28 bits per heavy atom. The number of Topliss-reactive ketones (excluding diaryl/α,β-unsaturated/α-hetero) is 1. The van der Waals surface area contributed by atoms with Gasteiger partial charge in [0.1, 0.15) is 5.75 Å². The third-order valence-electron chi connectivity index (χ3n) is 2.89. The van der Waals surface area contributed by atoms with Gasteiger partial charge < -0.3 is 4.74 Å². The fraction of sp³-hybridized carbons (Fsp3) is 0.417. The standard InChI is InChI=1S/C12H15NO4S/c1-17-12-9-4-3-5-11(14)8(9)6-7-10(12)13-18(2,15)16/h6-7,13H,3-5H2,1-2H3. The maximum Gasteiger partial charge on any atom is 0.229 e. The Kier molecular flexibility index (Phi) is 3.30. The van der Waals surface area contributed by atoms with Crippen molar-refractivity contribution in [2.75, 3.05) is 18.1 Å². The summed E-state index contributed by atoms with van der Waals surface area (Å²) < 4.78 is 30.2. The second-order valence-electron chi connectivity index (χ2n) is 4.32. The lowest BCUT2D eigenvalue weighted by Crippen LogP contribution is -2.15. The minimum atomic E-state index is -3.36. The van der Waals surface area contributed by atoms with Gasteiger partial charge in [0.05, 0.1) is 19.1 Å². The molecule has 0 radical (unpaired) electrons. The van der Waals surface area contributed by atoms with E-state index in [9.17, 15) is 13.2 Å². The van der Waals surface area contributed by atoms with E-state index in [-0.39, 0.29) is 5.78 Å². The number of hydrogen-bond donors (Lipinski definition) is 1. The zero-order chi connectivity index (χ0) is 13.3. The molecule has 0 spiro atoms. The predicted molar refractivity (Wildman–Crippen MR) is 68.7 cm³/mol. The van der Waals surface area contributed by atoms with E-state index in [2.05, 4.69) is 4.72 Å². The Morgan fingerprint density at radius 3 is 2.61 bits per heavy atom. The Morgan fingerprint density at radius 2 is 2.00 bits per heavy atom. The zero-order valence-electron chi connectivity index (χ0n) is 10.3. The van der Waals surface area contributed by atoms with Gasteiger partial charge in [0, 0.05) is 17.5 Å². The summed E-state index contributed by atoms with van der Waals surface area (Å²) in [6, 6.07) is 3.23. The molecule has 0 saturated carbocycles. The molecule has 0 aromatic heterocycles. The van der Waals surface area contributed by atoms with Crippen LogP contribution in [0.4, 0.5) is 5.69 Å². The van der Waals surface area contributed by atoms with Gasteiger partial charge in [-0.2, -0.15) is 0 Å². The lowest BCUT2D eigenvalue weighted by molar-refractivity contribution is 0.0972. The van der Waals surface area contributed by atoms with Gasteiger partial charge >= 0.3 is 0 Å². The summed E-state index contributed by atoms with van der Waals surface area (Å²) in [5.41, 5.74) is 1.81. The van der Waals surface area contributed by atoms with Gasteiger partial charge in [0.2, 0.25) is 10.0 Å². The molecule has 5 nitrogen and oxygen atoms in total. The van der Waals surface area contributed by atoms with Crippen LogP contribution in [-0.4, -0.2) is 27.6 Å². The molecule has 1 aliphatic carbocycles. The van der Waals surface area contributed by atoms with Crippen LogP contribution in [0.1, 0.15) is 28.8 Å². The molecule has 98 valence electrons. The van der Waals surface area contributed by atoms with Crippen LogP contribution < -0.4 is 9.46 Å². The first-order valence-electron chi connectivity index (χ1n) is 5.63. The number of carbonyl (C=O) groups excluding carboxylic acids is 1. The number of hydrogen-bond acceptors (Lipinski definition) is 4. The molecular weight excluding hydrogens is 254 g/mol. The van der Waals surface area contributed by atoms with E-state index in [0.717, 1.165) is 24.7 Å². The topological polar surface area (TPSA) is 72.5 Å². The number of methoxy groups -OCH3 is 1. The molecule has 0 aliphatic heterocycles. The molecule has 18 heavy (non-hydrogen) atoms. The minimum absolute atomic E-state index is 0.0838. The highest BCUT2D eigenvalue weighted by Crippen LogP contribution is 2.36. The van der Waals surface area contributed by atoms with E-state index >= 15 is 0 Å². The van der Waals surface area contributed by atoms with E-state index in [0.29, 0.717) is 23.4 Å². The van der Waals surface area contributed by atoms with Gasteiger partial charge in [-0.25, -0.2) is 8.42 Å². The van der Waals surface area contributed by atoms with Crippen LogP contribution in [0.5, 0.6) is 5.75 Å². The summed E-state index contributed by atoms with van der Waals surface area (Å²) in [5, 5.41) is 0. The quantitative estimate of drug-likeness (QED) is 0.904. The van der Waals surface area contributed by atoms with E-state index in [4.69, 9.17) is 4.74 Å². The van der Waals surface area contributed by atoms with Gasteiger partial charge in [-0.3, -0.25) is 9.52 Å². The maximum absolute atomic E-state index is 11.8. The summed E-state index contributed by atoms with van der Waals surface area (Å²) in [6.45, 7) is 0. The first kappa shape index (κ1) is 12.9. The summed E-state index contributed by atoms with van der Waals surface area (Å²) in [4.78, 5) is 11.8. The lowest BCUT2D eigenvalue weighted by atomic mass is 9.89. The molecule has 1 aromatic carbocycles. The van der Waals surface area contributed by atoms with Gasteiger partial charge in [0.25, 0.3) is 0 Å². The van der Waals surface area contributed by atoms with Crippen molar-refractivity contribution in [1.82, 2.24) is 0 Å². The van der Waals surface area contributed by atoms with Crippen LogP contribution >= 0.6 is 0 Å². The number of carbonyl (C=O) groups is 1. The number of nitrogens with one attached hydrogen (secondary N) is 1. The van der Waals surface area contributed by atoms with Crippen LogP contribution in [0, 0.1) is 0 Å². The molecule has 0 bridgehead atoms. The molecule has 0 unspecified atom stereocenters. The fourth-order valence-electron chi connectivity index (χ4n) is 2.21. The SMILES string of the molecule is COc1c(NS(C)(=O)=O)ccc2c1CCCC2=O. The molecule has 0 fully saturated rings. The minimum Gasteiger partial charge on any atom is -0.494 e. The first-order chi connectivity index (χ1) is 8.42. The Bertz CT molecular complexity index is 592. The molecule has 1 N–H and O–H groups in total. The van der Waals surface area contributed by atoms with Crippen molar-refractivity contribution in [3.8, 4) is 5.75 Å². The predicted octanol–water partition coefficient (Wildman–Crippen LogP) is 1.59. The van der Waals surface area contributed by atoms with Crippen LogP contribution in [0.15, 0.2) is 12.1 Å². The van der Waals surface area contributed by atoms with E-state index in [1.54, 1.807) is 12.1 Å². The highest BCUT2D eigenvalue weighted by atomic mass is 32.2. The maximum atomic E-state index is 11.8. The number of anilines is 1. The summed E-state index contributed by atoms with van der Waals surface area (Å²) in [5.74, 6) is 0.534. The van der Waals surface area contributed by atoms with Crippen molar-refractivity contribution in [2.24, 2.45) is 0 Å². The van der Waals surface area contributed by atoms with Crippen LogP contribution in [0.3, 0.4) is 0 Å². The van der Waals surface area contributed by atoms with Crippen molar-refractivity contribution in [2.45, 2.75) is 19.3 Å². The molecule has 0 amide bonds. The molecule has 1 aliphatic rings. The molecule has 1 aromatic rings. The fourth-order valence-corrected chi connectivity index (χ4v) is 2.77. The zero-order valence-corrected chi connectivity index (χ0v) is 11.1. The Labute approximate surface area is 106 Å². The third-order valence-corrected chi connectivity index (χ3v) is 3.48. The largest absolute Gasteiger partial charge is 0.494 e.